The number of aromatic nitrogens is 3. The Kier molecular flexibility index (Phi) is 5.88. The van der Waals surface area contributed by atoms with Gasteiger partial charge < -0.3 is 10.4 Å². The summed E-state index contributed by atoms with van der Waals surface area (Å²) in [5.74, 6) is -0.481. The summed E-state index contributed by atoms with van der Waals surface area (Å²) >= 11 is 0. The van der Waals surface area contributed by atoms with Gasteiger partial charge in [-0.2, -0.15) is 5.10 Å². The third kappa shape index (κ3) is 4.64. The number of nitrogens with zero attached hydrogens (tertiary/aromatic N) is 3. The minimum atomic E-state index is -0.306. The number of pyridine rings is 1. The smallest absolute Gasteiger partial charge is 0.252 e. The summed E-state index contributed by atoms with van der Waals surface area (Å²) < 4.78 is 15.4. The summed E-state index contributed by atoms with van der Waals surface area (Å²) in [6.07, 6.45) is 4.26. The Balaban J connectivity index is 1.54. The minimum Gasteiger partial charge on any atom is -0.393 e. The van der Waals surface area contributed by atoms with Crippen LogP contribution in [0.1, 0.15) is 41.6 Å². The summed E-state index contributed by atoms with van der Waals surface area (Å²) in [7, 11) is 0. The minimum absolute atomic E-state index is 0.0339. The number of carbonyl (C=O) groups excluding carboxylic acids is 1. The number of halogens is 1. The molecule has 4 aromatic rings. The number of aliphatic hydroxyl groups is 1. The Morgan fingerprint density at radius 3 is 2.61 bits per heavy atom. The number of hydrogen-bond donors (Lipinski definition) is 2. The Labute approximate surface area is 191 Å². The molecule has 1 aliphatic rings. The van der Waals surface area contributed by atoms with Gasteiger partial charge in [0.2, 0.25) is 0 Å². The second-order valence-corrected chi connectivity index (χ2v) is 8.57. The van der Waals surface area contributed by atoms with E-state index in [1.807, 2.05) is 36.4 Å². The van der Waals surface area contributed by atoms with E-state index in [4.69, 9.17) is 4.98 Å². The van der Waals surface area contributed by atoms with E-state index in [1.165, 1.54) is 12.1 Å². The molecule has 1 fully saturated rings. The molecule has 2 heterocycles. The maximum Gasteiger partial charge on any atom is 0.252 e. The van der Waals surface area contributed by atoms with E-state index >= 15 is 0 Å². The van der Waals surface area contributed by atoms with Crippen molar-refractivity contribution in [3.8, 4) is 11.3 Å². The molecule has 1 aliphatic carbocycles. The molecule has 0 aliphatic heterocycles. The summed E-state index contributed by atoms with van der Waals surface area (Å²) in [6, 6.07) is 17.9. The van der Waals surface area contributed by atoms with Crippen molar-refractivity contribution in [3.63, 3.8) is 0 Å². The first-order valence-electron chi connectivity index (χ1n) is 11.2. The Morgan fingerprint density at radius 1 is 1.06 bits per heavy atom. The number of carbonyl (C=O) groups is 1. The van der Waals surface area contributed by atoms with Crippen molar-refractivity contribution < 1.29 is 14.3 Å². The van der Waals surface area contributed by atoms with Crippen molar-refractivity contribution in [2.24, 2.45) is 0 Å². The first-order chi connectivity index (χ1) is 16.1. The quantitative estimate of drug-likeness (QED) is 0.481. The van der Waals surface area contributed by atoms with Crippen LogP contribution in [-0.2, 0) is 6.54 Å². The van der Waals surface area contributed by atoms with Gasteiger partial charge in [0.05, 0.1) is 35.5 Å². The van der Waals surface area contributed by atoms with Gasteiger partial charge in [-0.25, -0.2) is 14.1 Å². The lowest BCUT2D eigenvalue weighted by Gasteiger charge is -2.26. The van der Waals surface area contributed by atoms with Crippen LogP contribution in [0.15, 0.2) is 66.9 Å². The molecular weight excluding hydrogens is 419 g/mol. The number of rotatable bonds is 5. The molecule has 168 valence electrons. The van der Waals surface area contributed by atoms with E-state index in [1.54, 1.807) is 23.0 Å². The highest BCUT2D eigenvalue weighted by Crippen LogP contribution is 2.26. The van der Waals surface area contributed by atoms with Crippen LogP contribution in [0, 0.1) is 5.82 Å². The van der Waals surface area contributed by atoms with E-state index < -0.39 is 0 Å². The molecule has 2 N–H and O–H groups in total. The van der Waals surface area contributed by atoms with Gasteiger partial charge in [-0.3, -0.25) is 4.79 Å². The highest BCUT2D eigenvalue weighted by Gasteiger charge is 2.23. The van der Waals surface area contributed by atoms with Crippen molar-refractivity contribution in [3.05, 3.63) is 83.8 Å². The number of aliphatic hydroxyl groups excluding tert-OH is 1. The number of benzene rings is 2. The number of amides is 1. The Morgan fingerprint density at radius 2 is 1.85 bits per heavy atom. The largest absolute Gasteiger partial charge is 0.393 e. The maximum atomic E-state index is 13.7. The topological polar surface area (TPSA) is 80.0 Å². The number of hydrogen-bond acceptors (Lipinski definition) is 4. The summed E-state index contributed by atoms with van der Waals surface area (Å²) in [5.41, 5.74) is 3.42. The highest BCUT2D eigenvalue weighted by atomic mass is 19.1. The third-order valence-corrected chi connectivity index (χ3v) is 6.18. The van der Waals surface area contributed by atoms with E-state index in [0.29, 0.717) is 41.7 Å². The average Bonchev–Trinajstić information content (AvgIpc) is 3.23. The molecule has 0 bridgehead atoms. The van der Waals surface area contributed by atoms with E-state index in [9.17, 15) is 14.3 Å². The van der Waals surface area contributed by atoms with Crippen molar-refractivity contribution in [1.29, 1.82) is 0 Å². The first-order valence-corrected chi connectivity index (χ1v) is 11.2. The molecule has 1 amide bonds. The van der Waals surface area contributed by atoms with E-state index in [-0.39, 0.29) is 23.9 Å². The fraction of sp³-hybridized carbons (Fsp3) is 0.269. The molecule has 2 aromatic heterocycles. The van der Waals surface area contributed by atoms with Gasteiger partial charge in [-0.15, -0.1) is 0 Å². The van der Waals surface area contributed by atoms with Crippen molar-refractivity contribution in [1.82, 2.24) is 20.1 Å². The summed E-state index contributed by atoms with van der Waals surface area (Å²) in [6.45, 7) is 0.341. The molecule has 0 unspecified atom stereocenters. The van der Waals surface area contributed by atoms with E-state index in [2.05, 4.69) is 10.4 Å². The Hall–Kier alpha value is -3.58. The van der Waals surface area contributed by atoms with Gasteiger partial charge in [0.1, 0.15) is 5.82 Å². The van der Waals surface area contributed by atoms with Crippen LogP contribution in [-0.4, -0.2) is 37.9 Å². The van der Waals surface area contributed by atoms with Gasteiger partial charge >= 0.3 is 0 Å². The molecule has 0 saturated heterocycles. The fourth-order valence-electron chi connectivity index (χ4n) is 4.40. The highest BCUT2D eigenvalue weighted by molar-refractivity contribution is 6.06. The zero-order valence-corrected chi connectivity index (χ0v) is 18.1. The molecule has 7 heteroatoms. The second kappa shape index (κ2) is 9.11. The van der Waals surface area contributed by atoms with Gasteiger partial charge in [-0.1, -0.05) is 42.5 Å². The second-order valence-electron chi connectivity index (χ2n) is 8.57. The molecule has 1 saturated carbocycles. The van der Waals surface area contributed by atoms with Crippen LogP contribution < -0.4 is 5.32 Å². The third-order valence-electron chi connectivity index (χ3n) is 6.18. The van der Waals surface area contributed by atoms with Crippen molar-refractivity contribution in [2.75, 3.05) is 0 Å². The van der Waals surface area contributed by atoms with Gasteiger partial charge in [0, 0.05) is 11.6 Å². The predicted molar refractivity (Wildman–Crippen MR) is 124 cm³/mol. The molecule has 0 atom stereocenters. The maximum absolute atomic E-state index is 13.7. The molecule has 33 heavy (non-hydrogen) atoms. The molecule has 5 rings (SSSR count). The molecular formula is C26H25FN4O2. The summed E-state index contributed by atoms with van der Waals surface area (Å²) in [4.78, 5) is 18.1. The molecule has 0 spiro atoms. The molecule has 6 nitrogen and oxygen atoms in total. The van der Waals surface area contributed by atoms with Gasteiger partial charge in [-0.05, 0) is 49.4 Å². The fourth-order valence-corrected chi connectivity index (χ4v) is 4.40. The van der Waals surface area contributed by atoms with Crippen molar-refractivity contribution in [2.45, 2.75) is 44.4 Å². The normalized spacial score (nSPS) is 18.4. The van der Waals surface area contributed by atoms with Gasteiger partial charge in [0.25, 0.3) is 5.91 Å². The van der Waals surface area contributed by atoms with Crippen molar-refractivity contribution >= 4 is 16.9 Å². The number of fused-ring (bicyclic) bond motifs is 1. The lowest BCUT2D eigenvalue weighted by molar-refractivity contribution is 0.0869. The molecule has 2 aromatic carbocycles. The van der Waals surface area contributed by atoms with E-state index in [0.717, 1.165) is 24.0 Å². The van der Waals surface area contributed by atoms with Crippen LogP contribution in [0.2, 0.25) is 0 Å². The SMILES string of the molecule is O=C(NC1CCC(O)CC1)c1cc(-c2ccccc2)nc2c1cnn2Cc1cccc(F)c1. The monoisotopic (exact) mass is 444 g/mol. The molecule has 0 radical (unpaired) electrons. The van der Waals surface area contributed by atoms with Crippen LogP contribution >= 0.6 is 0 Å². The van der Waals surface area contributed by atoms with Crippen LogP contribution in [0.3, 0.4) is 0 Å². The lowest BCUT2D eigenvalue weighted by Crippen LogP contribution is -2.38. The predicted octanol–water partition coefficient (Wildman–Crippen LogP) is 4.32. The lowest BCUT2D eigenvalue weighted by atomic mass is 9.93. The summed E-state index contributed by atoms with van der Waals surface area (Å²) in [5, 5.41) is 18.0. The standard InChI is InChI=1S/C26H25FN4O2/c27-19-8-4-5-17(13-19)16-31-25-23(15-28-31)22(14-24(30-25)18-6-2-1-3-7-18)26(33)29-20-9-11-21(32)12-10-20/h1-8,13-15,20-21,32H,9-12,16H2,(H,29,33). The van der Waals surface area contributed by atoms with Crippen LogP contribution in [0.25, 0.3) is 22.3 Å². The average molecular weight is 445 g/mol. The van der Waals surface area contributed by atoms with Crippen LogP contribution in [0.4, 0.5) is 4.39 Å². The van der Waals surface area contributed by atoms with Gasteiger partial charge in [0.15, 0.2) is 5.65 Å². The first kappa shape index (κ1) is 21.3. The number of nitrogens with one attached hydrogen (secondary N) is 1. The Bertz CT molecular complexity index is 1280. The van der Waals surface area contributed by atoms with Crippen LogP contribution in [0.5, 0.6) is 0 Å². The zero-order chi connectivity index (χ0) is 22.8. The zero-order valence-electron chi connectivity index (χ0n) is 18.1.